The van der Waals surface area contributed by atoms with Gasteiger partial charge in [0.1, 0.15) is 11.6 Å². The van der Waals surface area contributed by atoms with Crippen LogP contribution in [0.15, 0.2) is 36.4 Å². The van der Waals surface area contributed by atoms with Crippen LogP contribution in [0.5, 0.6) is 0 Å². The number of aryl methyl sites for hydroxylation is 1. The van der Waals surface area contributed by atoms with Gasteiger partial charge >= 0.3 is 0 Å². The van der Waals surface area contributed by atoms with Crippen LogP contribution < -0.4 is 10.6 Å². The number of carbonyl (C=O) groups is 3. The van der Waals surface area contributed by atoms with Crippen molar-refractivity contribution in [2.75, 3.05) is 19.6 Å². The first kappa shape index (κ1) is 34.4. The summed E-state index contributed by atoms with van der Waals surface area (Å²) in [5, 5.41) is 16.6. The molecule has 0 unspecified atom stereocenters. The summed E-state index contributed by atoms with van der Waals surface area (Å²) in [6.45, 7) is 7.12. The summed E-state index contributed by atoms with van der Waals surface area (Å²) in [5.74, 6) is 0.102. The van der Waals surface area contributed by atoms with E-state index in [9.17, 15) is 28.3 Å². The van der Waals surface area contributed by atoms with Gasteiger partial charge in [-0.2, -0.15) is 0 Å². The van der Waals surface area contributed by atoms with Crippen LogP contribution in [0.2, 0.25) is 0 Å². The number of benzene rings is 2. The largest absolute Gasteiger partial charge is 0.391 e. The van der Waals surface area contributed by atoms with E-state index in [0.717, 1.165) is 37.5 Å². The molecule has 0 aromatic heterocycles. The minimum atomic E-state index is -1.14. The molecule has 0 bridgehead atoms. The molecule has 0 aliphatic heterocycles. The normalized spacial score (nSPS) is 12.2. The number of hydrogen-bond acceptors (Lipinski definition) is 4. The van der Waals surface area contributed by atoms with Gasteiger partial charge in [-0.1, -0.05) is 13.8 Å². The molecule has 2 aromatic rings. The Hall–Kier alpha value is -3.77. The van der Waals surface area contributed by atoms with Gasteiger partial charge in [-0.15, -0.1) is 12.3 Å². The maximum Gasteiger partial charge on any atom is 0.253 e. The van der Waals surface area contributed by atoms with E-state index in [-0.39, 0.29) is 42.3 Å². The van der Waals surface area contributed by atoms with E-state index in [1.165, 1.54) is 6.07 Å². The van der Waals surface area contributed by atoms with Crippen molar-refractivity contribution in [3.05, 3.63) is 70.3 Å². The van der Waals surface area contributed by atoms with Crippen molar-refractivity contribution in [1.82, 2.24) is 15.5 Å². The summed E-state index contributed by atoms with van der Waals surface area (Å²) in [6, 6.07) is 7.00. The predicted octanol–water partition coefficient (Wildman–Crippen LogP) is 4.94. The molecule has 0 heterocycles. The molecule has 0 aliphatic rings. The van der Waals surface area contributed by atoms with Gasteiger partial charge in [0.05, 0.1) is 12.1 Å². The van der Waals surface area contributed by atoms with Crippen molar-refractivity contribution in [1.29, 1.82) is 0 Å². The van der Waals surface area contributed by atoms with E-state index in [2.05, 4.69) is 16.6 Å². The smallest absolute Gasteiger partial charge is 0.253 e. The van der Waals surface area contributed by atoms with Crippen LogP contribution in [0, 0.1) is 30.9 Å². The molecule has 0 spiro atoms. The molecular formula is C33H43F2N3O4. The highest BCUT2D eigenvalue weighted by molar-refractivity contribution is 6.00. The topological polar surface area (TPSA) is 98.7 Å². The fourth-order valence-corrected chi connectivity index (χ4v) is 4.75. The van der Waals surface area contributed by atoms with Gasteiger partial charge in [-0.3, -0.25) is 14.4 Å². The van der Waals surface area contributed by atoms with Gasteiger partial charge in [-0.25, -0.2) is 8.78 Å². The highest BCUT2D eigenvalue weighted by Crippen LogP contribution is 2.17. The van der Waals surface area contributed by atoms with Crippen molar-refractivity contribution >= 4 is 17.7 Å². The van der Waals surface area contributed by atoms with E-state index in [0.29, 0.717) is 43.5 Å². The molecule has 42 heavy (non-hydrogen) atoms. The van der Waals surface area contributed by atoms with Crippen molar-refractivity contribution in [3.8, 4) is 12.3 Å². The molecule has 0 saturated heterocycles. The van der Waals surface area contributed by atoms with Gasteiger partial charge in [0.2, 0.25) is 5.91 Å². The number of carbonyl (C=O) groups excluding carboxylic acids is 3. The Morgan fingerprint density at radius 3 is 2.24 bits per heavy atom. The molecule has 0 saturated carbocycles. The summed E-state index contributed by atoms with van der Waals surface area (Å²) in [5.41, 5.74) is 1.59. The third-order valence-corrected chi connectivity index (χ3v) is 6.76. The summed E-state index contributed by atoms with van der Waals surface area (Å²) < 4.78 is 27.8. The zero-order chi connectivity index (χ0) is 31.1. The van der Waals surface area contributed by atoms with Gasteiger partial charge < -0.3 is 20.6 Å². The molecular weight excluding hydrogens is 540 g/mol. The Bertz CT molecular complexity index is 1220. The minimum Gasteiger partial charge on any atom is -0.391 e. The number of terminal acetylenes is 1. The van der Waals surface area contributed by atoms with Gasteiger partial charge in [0.15, 0.2) is 0 Å². The lowest BCUT2D eigenvalue weighted by atomic mass is 9.97. The summed E-state index contributed by atoms with van der Waals surface area (Å²) >= 11 is 0. The molecule has 0 aliphatic carbocycles. The second-order valence-electron chi connectivity index (χ2n) is 10.6. The van der Waals surface area contributed by atoms with Crippen LogP contribution in [-0.4, -0.2) is 59.5 Å². The Morgan fingerprint density at radius 1 is 0.976 bits per heavy atom. The van der Waals surface area contributed by atoms with E-state index in [4.69, 9.17) is 6.42 Å². The third-order valence-electron chi connectivity index (χ3n) is 6.76. The number of hydrogen-bond donors (Lipinski definition) is 3. The summed E-state index contributed by atoms with van der Waals surface area (Å²) in [7, 11) is 0. The lowest BCUT2D eigenvalue weighted by Crippen LogP contribution is -2.46. The van der Waals surface area contributed by atoms with Crippen LogP contribution in [0.4, 0.5) is 8.78 Å². The Morgan fingerprint density at radius 2 is 1.62 bits per heavy atom. The third kappa shape index (κ3) is 11.6. The lowest BCUT2D eigenvalue weighted by Gasteiger charge is -2.25. The number of rotatable bonds is 17. The summed E-state index contributed by atoms with van der Waals surface area (Å²) in [6.07, 6.45) is 8.03. The Balaban J connectivity index is 2.20. The molecule has 228 valence electrons. The van der Waals surface area contributed by atoms with E-state index < -0.39 is 29.7 Å². The minimum absolute atomic E-state index is 0.0556. The number of amides is 3. The van der Waals surface area contributed by atoms with Gasteiger partial charge in [-0.05, 0) is 86.9 Å². The van der Waals surface area contributed by atoms with Crippen LogP contribution in [-0.2, 0) is 11.2 Å². The number of unbranched alkanes of at least 4 members (excludes halogenated alkanes) is 2. The van der Waals surface area contributed by atoms with Crippen LogP contribution in [0.25, 0.3) is 0 Å². The van der Waals surface area contributed by atoms with Gasteiger partial charge in [0, 0.05) is 49.7 Å². The predicted molar refractivity (Wildman–Crippen MR) is 160 cm³/mol. The lowest BCUT2D eigenvalue weighted by molar-refractivity contribution is -0.121. The highest BCUT2D eigenvalue weighted by Gasteiger charge is 2.24. The molecule has 7 nitrogen and oxygen atoms in total. The van der Waals surface area contributed by atoms with Crippen molar-refractivity contribution < 1.29 is 28.3 Å². The molecule has 2 aromatic carbocycles. The second kappa shape index (κ2) is 17.9. The standard InChI is InChI=1S/C33H43F2N3O4/c1-5-8-9-10-11-31(40)36-13-12-30(39)29(20-24-18-27(34)22-28(35)19-24)37-32(41)25-16-23(4)17-26(21-25)33(42)38(14-6-2)15-7-3/h1,16-19,21-22,29-30,39H,6-15,20H2,2-4H3,(H,36,40)(H,37,41)/t29-,30+/m0/s1. The zero-order valence-corrected chi connectivity index (χ0v) is 24.8. The second-order valence-corrected chi connectivity index (χ2v) is 10.6. The molecule has 2 rings (SSSR count). The van der Waals surface area contributed by atoms with E-state index >= 15 is 0 Å². The number of nitrogens with zero attached hydrogens (tertiary/aromatic N) is 1. The first-order valence-electron chi connectivity index (χ1n) is 14.6. The van der Waals surface area contributed by atoms with E-state index in [1.807, 2.05) is 13.8 Å². The monoisotopic (exact) mass is 583 g/mol. The molecule has 3 amide bonds. The number of halogens is 2. The first-order chi connectivity index (χ1) is 20.1. The van der Waals surface area contributed by atoms with Crippen molar-refractivity contribution in [3.63, 3.8) is 0 Å². The Kier molecular flexibility index (Phi) is 14.7. The van der Waals surface area contributed by atoms with Crippen LogP contribution in [0.1, 0.15) is 90.6 Å². The van der Waals surface area contributed by atoms with Crippen molar-refractivity contribution in [2.24, 2.45) is 0 Å². The van der Waals surface area contributed by atoms with Crippen LogP contribution >= 0.6 is 0 Å². The maximum absolute atomic E-state index is 13.9. The van der Waals surface area contributed by atoms with Gasteiger partial charge in [0.25, 0.3) is 11.8 Å². The molecule has 2 atom stereocenters. The average Bonchev–Trinajstić information content (AvgIpc) is 2.93. The number of nitrogens with one attached hydrogen (secondary N) is 2. The summed E-state index contributed by atoms with van der Waals surface area (Å²) in [4.78, 5) is 40.5. The molecule has 0 radical (unpaired) electrons. The van der Waals surface area contributed by atoms with Crippen LogP contribution in [0.3, 0.4) is 0 Å². The quantitative estimate of drug-likeness (QED) is 0.182. The molecule has 0 fully saturated rings. The Labute approximate surface area is 248 Å². The molecule has 3 N–H and O–H groups in total. The fraction of sp³-hybridized carbons (Fsp3) is 0.485. The maximum atomic E-state index is 13.9. The average molecular weight is 584 g/mol. The zero-order valence-electron chi connectivity index (χ0n) is 24.8. The number of aliphatic hydroxyl groups is 1. The first-order valence-corrected chi connectivity index (χ1v) is 14.6. The fourth-order valence-electron chi connectivity index (χ4n) is 4.75. The van der Waals surface area contributed by atoms with Crippen molar-refractivity contribution in [2.45, 2.75) is 84.3 Å². The highest BCUT2D eigenvalue weighted by atomic mass is 19.1. The number of aliphatic hydroxyl groups excluding tert-OH is 1. The van der Waals surface area contributed by atoms with E-state index in [1.54, 1.807) is 24.0 Å². The SMILES string of the molecule is C#CCCCCC(=O)NCC[C@@H](O)[C@H](Cc1cc(F)cc(F)c1)NC(=O)c1cc(C)cc(C(=O)N(CCC)CCC)c1. The molecule has 9 heteroatoms.